The number of benzene rings is 1. The van der Waals surface area contributed by atoms with Crippen molar-refractivity contribution in [3.63, 3.8) is 0 Å². The molecule has 2 heterocycles. The Morgan fingerprint density at radius 2 is 2.08 bits per heavy atom. The number of carbonyl (C=O) groups excluding carboxylic acids is 2. The zero-order valence-electron chi connectivity index (χ0n) is 14.7. The number of ketones is 1. The van der Waals surface area contributed by atoms with Crippen LogP contribution in [0, 0.1) is 11.8 Å². The number of likely N-dealkylation sites (tertiary alicyclic amines) is 1. The van der Waals surface area contributed by atoms with Gasteiger partial charge in [-0.3, -0.25) is 15.0 Å². The van der Waals surface area contributed by atoms with E-state index in [1.54, 1.807) is 0 Å². The Balaban J connectivity index is 1.54. The van der Waals surface area contributed by atoms with E-state index in [2.05, 4.69) is 15.8 Å². The summed E-state index contributed by atoms with van der Waals surface area (Å²) < 4.78 is 4.87. The molecule has 25 heavy (non-hydrogen) atoms. The van der Waals surface area contributed by atoms with Gasteiger partial charge in [-0.05, 0) is 24.9 Å². The highest BCUT2D eigenvalue weighted by molar-refractivity contribution is 5.83. The molecule has 2 saturated heterocycles. The molecule has 0 aliphatic carbocycles. The van der Waals surface area contributed by atoms with E-state index >= 15 is 0 Å². The van der Waals surface area contributed by atoms with Crippen LogP contribution in [-0.2, 0) is 20.7 Å². The van der Waals surface area contributed by atoms with Crippen LogP contribution in [0.1, 0.15) is 18.4 Å². The molecular formula is C19H27N3O3. The molecule has 0 amide bonds. The number of piperidine rings is 1. The topological polar surface area (TPSA) is 70.7 Å². The molecule has 2 aliphatic heterocycles. The molecular weight excluding hydrogens is 318 g/mol. The Morgan fingerprint density at radius 3 is 2.84 bits per heavy atom. The van der Waals surface area contributed by atoms with Crippen molar-refractivity contribution in [3.05, 3.63) is 35.9 Å². The third kappa shape index (κ3) is 4.66. The minimum atomic E-state index is -0.314. The van der Waals surface area contributed by atoms with Crippen LogP contribution in [0.4, 0.5) is 0 Å². The van der Waals surface area contributed by atoms with Crippen LogP contribution in [0.15, 0.2) is 30.3 Å². The zero-order valence-corrected chi connectivity index (χ0v) is 14.7. The Hall–Kier alpha value is -1.76. The number of carbonyl (C=O) groups is 2. The number of rotatable bonds is 6. The van der Waals surface area contributed by atoms with E-state index in [1.807, 2.05) is 30.3 Å². The lowest BCUT2D eigenvalue weighted by Crippen LogP contribution is -2.46. The smallest absolute Gasteiger partial charge is 0.324 e. The molecule has 2 N–H and O–H groups in total. The maximum absolute atomic E-state index is 12.6. The normalized spacial score (nSPS) is 27.2. The monoisotopic (exact) mass is 345 g/mol. The Morgan fingerprint density at radius 1 is 1.28 bits per heavy atom. The van der Waals surface area contributed by atoms with Crippen LogP contribution in [0.25, 0.3) is 0 Å². The predicted octanol–water partition coefficient (Wildman–Crippen LogP) is 0.776. The highest BCUT2D eigenvalue weighted by Crippen LogP contribution is 2.21. The first-order chi connectivity index (χ1) is 12.2. The van der Waals surface area contributed by atoms with Crippen molar-refractivity contribution < 1.29 is 14.3 Å². The molecule has 2 aliphatic rings. The number of hydrogen-bond donors (Lipinski definition) is 2. The largest absolute Gasteiger partial charge is 0.468 e. The van der Waals surface area contributed by atoms with Gasteiger partial charge in [0.25, 0.3) is 0 Å². The first-order valence-corrected chi connectivity index (χ1v) is 9.02. The van der Waals surface area contributed by atoms with Crippen molar-refractivity contribution in [1.82, 2.24) is 15.8 Å². The van der Waals surface area contributed by atoms with Crippen LogP contribution in [-0.4, -0.2) is 56.0 Å². The summed E-state index contributed by atoms with van der Waals surface area (Å²) in [6, 6.07) is 9.62. The average Bonchev–Trinajstić information content (AvgIpc) is 3.10. The molecule has 2 fully saturated rings. The molecule has 0 aromatic heterocycles. The third-order valence-electron chi connectivity index (χ3n) is 5.22. The second kappa shape index (κ2) is 8.56. The van der Waals surface area contributed by atoms with Crippen LogP contribution in [0.3, 0.4) is 0 Å². The SMILES string of the molecule is COC(=O)C1NNCC1CN1CCCC(C(=O)Cc2ccccc2)C1. The summed E-state index contributed by atoms with van der Waals surface area (Å²) >= 11 is 0. The fourth-order valence-corrected chi connectivity index (χ4v) is 3.84. The van der Waals surface area contributed by atoms with Crippen LogP contribution in [0.2, 0.25) is 0 Å². The molecule has 0 radical (unpaired) electrons. The quantitative estimate of drug-likeness (QED) is 0.743. The lowest BCUT2D eigenvalue weighted by atomic mass is 9.89. The first-order valence-electron chi connectivity index (χ1n) is 9.02. The summed E-state index contributed by atoms with van der Waals surface area (Å²) in [5.74, 6) is 0.343. The highest BCUT2D eigenvalue weighted by Gasteiger charge is 2.36. The molecule has 3 atom stereocenters. The number of nitrogens with zero attached hydrogens (tertiary/aromatic N) is 1. The summed E-state index contributed by atoms with van der Waals surface area (Å²) in [4.78, 5) is 26.8. The van der Waals surface area contributed by atoms with E-state index in [0.717, 1.165) is 44.6 Å². The summed E-state index contributed by atoms with van der Waals surface area (Å²) in [7, 11) is 1.42. The van der Waals surface area contributed by atoms with Gasteiger partial charge in [-0.2, -0.15) is 0 Å². The van der Waals surface area contributed by atoms with E-state index in [1.165, 1.54) is 7.11 Å². The van der Waals surface area contributed by atoms with Gasteiger partial charge in [0.15, 0.2) is 0 Å². The maximum atomic E-state index is 12.6. The Kier molecular flexibility index (Phi) is 6.18. The van der Waals surface area contributed by atoms with E-state index < -0.39 is 0 Å². The minimum Gasteiger partial charge on any atom is -0.468 e. The van der Waals surface area contributed by atoms with Gasteiger partial charge < -0.3 is 9.64 Å². The molecule has 3 rings (SSSR count). The first kappa shape index (κ1) is 18.0. The zero-order chi connectivity index (χ0) is 17.6. The van der Waals surface area contributed by atoms with Crippen LogP contribution >= 0.6 is 0 Å². The van der Waals surface area contributed by atoms with Crippen molar-refractivity contribution in [2.24, 2.45) is 11.8 Å². The summed E-state index contributed by atoms with van der Waals surface area (Å²) in [6.45, 7) is 3.31. The predicted molar refractivity (Wildman–Crippen MR) is 94.7 cm³/mol. The van der Waals surface area contributed by atoms with Gasteiger partial charge in [0, 0.05) is 37.9 Å². The van der Waals surface area contributed by atoms with E-state index in [-0.39, 0.29) is 23.8 Å². The van der Waals surface area contributed by atoms with E-state index in [9.17, 15) is 9.59 Å². The standard InChI is InChI=1S/C19H27N3O3/c1-25-19(24)18-16(11-20-21-18)13-22-9-5-8-15(12-22)17(23)10-14-6-3-2-4-7-14/h2-4,6-7,15-16,18,20-21H,5,8-13H2,1H3. The number of nitrogens with one attached hydrogen (secondary N) is 2. The number of esters is 1. The van der Waals surface area contributed by atoms with Gasteiger partial charge in [0.2, 0.25) is 0 Å². The number of ether oxygens (including phenoxy) is 1. The maximum Gasteiger partial charge on any atom is 0.324 e. The molecule has 6 heteroatoms. The summed E-state index contributed by atoms with van der Waals surface area (Å²) in [5.41, 5.74) is 7.13. The lowest BCUT2D eigenvalue weighted by Gasteiger charge is -2.34. The Bertz CT molecular complexity index is 593. The Labute approximate surface area is 148 Å². The number of methoxy groups -OCH3 is 1. The molecule has 3 unspecified atom stereocenters. The lowest BCUT2D eigenvalue weighted by molar-refractivity contribution is -0.144. The van der Waals surface area contributed by atoms with Gasteiger partial charge in [-0.15, -0.1) is 0 Å². The van der Waals surface area contributed by atoms with Gasteiger partial charge >= 0.3 is 5.97 Å². The van der Waals surface area contributed by atoms with E-state index in [4.69, 9.17) is 4.74 Å². The molecule has 0 spiro atoms. The van der Waals surface area contributed by atoms with Gasteiger partial charge in [0.05, 0.1) is 7.11 Å². The number of Topliss-reactive ketones (excluding diaryl/α,β-unsaturated/α-hetero) is 1. The molecule has 0 saturated carbocycles. The average molecular weight is 345 g/mol. The van der Waals surface area contributed by atoms with Crippen LogP contribution in [0.5, 0.6) is 0 Å². The van der Waals surface area contributed by atoms with Crippen molar-refractivity contribution in [1.29, 1.82) is 0 Å². The van der Waals surface area contributed by atoms with Gasteiger partial charge in [-0.1, -0.05) is 30.3 Å². The van der Waals surface area contributed by atoms with E-state index in [0.29, 0.717) is 12.2 Å². The van der Waals surface area contributed by atoms with Crippen molar-refractivity contribution in [2.75, 3.05) is 33.3 Å². The van der Waals surface area contributed by atoms with Gasteiger partial charge in [0.1, 0.15) is 11.8 Å². The summed E-state index contributed by atoms with van der Waals surface area (Å²) in [5, 5.41) is 0. The van der Waals surface area contributed by atoms with Crippen molar-refractivity contribution >= 4 is 11.8 Å². The second-order valence-electron chi connectivity index (χ2n) is 7.01. The van der Waals surface area contributed by atoms with Crippen molar-refractivity contribution in [3.8, 4) is 0 Å². The molecule has 0 bridgehead atoms. The molecule has 1 aromatic carbocycles. The number of hydrogen-bond acceptors (Lipinski definition) is 6. The van der Waals surface area contributed by atoms with Crippen molar-refractivity contribution in [2.45, 2.75) is 25.3 Å². The second-order valence-corrected chi connectivity index (χ2v) is 7.01. The molecule has 136 valence electrons. The minimum absolute atomic E-state index is 0.0906. The number of hydrazine groups is 1. The van der Waals surface area contributed by atoms with Crippen LogP contribution < -0.4 is 10.9 Å². The summed E-state index contributed by atoms with van der Waals surface area (Å²) in [6.07, 6.45) is 2.50. The van der Waals surface area contributed by atoms with Gasteiger partial charge in [-0.25, -0.2) is 5.43 Å². The molecule has 6 nitrogen and oxygen atoms in total. The fraction of sp³-hybridized carbons (Fsp3) is 0.579. The highest BCUT2D eigenvalue weighted by atomic mass is 16.5. The fourth-order valence-electron chi connectivity index (χ4n) is 3.84. The third-order valence-corrected chi connectivity index (χ3v) is 5.22. The molecule has 1 aromatic rings.